The molecule has 0 bridgehead atoms. The van der Waals surface area contributed by atoms with Crippen molar-refractivity contribution in [1.29, 1.82) is 0 Å². The fourth-order valence-corrected chi connectivity index (χ4v) is 4.64. The van der Waals surface area contributed by atoms with Gasteiger partial charge in [0.15, 0.2) is 6.23 Å². The van der Waals surface area contributed by atoms with Crippen molar-refractivity contribution in [2.24, 2.45) is 16.5 Å². The van der Waals surface area contributed by atoms with Gasteiger partial charge in [-0.3, -0.25) is 5.32 Å². The first-order chi connectivity index (χ1) is 13.0. The van der Waals surface area contributed by atoms with E-state index >= 15 is 0 Å². The molecule has 0 aliphatic heterocycles. The number of fused-ring (bicyclic) bond motifs is 1. The van der Waals surface area contributed by atoms with Crippen molar-refractivity contribution in [3.8, 4) is 0 Å². The molecule has 27 heavy (non-hydrogen) atoms. The van der Waals surface area contributed by atoms with E-state index < -0.39 is 5.60 Å². The highest BCUT2D eigenvalue weighted by atomic mass is 16.6. The van der Waals surface area contributed by atoms with Gasteiger partial charge in [-0.05, 0) is 51.8 Å². The molecule has 2 fully saturated rings. The zero-order chi connectivity index (χ0) is 19.3. The number of aliphatic hydroxyl groups is 1. The van der Waals surface area contributed by atoms with Crippen molar-refractivity contribution in [1.82, 2.24) is 10.6 Å². The summed E-state index contributed by atoms with van der Waals surface area (Å²) in [4.78, 5) is 5.55. The van der Waals surface area contributed by atoms with E-state index in [4.69, 9.17) is 4.84 Å². The number of likely N-dealkylation sites (N-methyl/N-ethyl adjacent to an activating group) is 2. The summed E-state index contributed by atoms with van der Waals surface area (Å²) in [5, 5.41) is 21.9. The minimum atomic E-state index is -0.657. The lowest BCUT2D eigenvalue weighted by Crippen LogP contribution is -2.48. The summed E-state index contributed by atoms with van der Waals surface area (Å²) in [5.74, 6) is 0.243. The summed E-state index contributed by atoms with van der Waals surface area (Å²) in [5.41, 5.74) is 1.76. The third-order valence-electron chi connectivity index (χ3n) is 6.55. The third kappa shape index (κ3) is 4.26. The van der Waals surface area contributed by atoms with Crippen LogP contribution in [0.3, 0.4) is 0 Å². The number of benzene rings is 1. The third-order valence-corrected chi connectivity index (χ3v) is 6.55. The molecule has 0 spiro atoms. The SMILES string of the molecule is CNCC(NC)ON=C[C@H]1CC[C@]2(O)C/C(=C\c3ccccc3)CC[C@]12C. The Morgan fingerprint density at radius 2 is 2.07 bits per heavy atom. The smallest absolute Gasteiger partial charge is 0.190 e. The van der Waals surface area contributed by atoms with Crippen LogP contribution in [0, 0.1) is 11.3 Å². The van der Waals surface area contributed by atoms with E-state index in [0.717, 1.165) is 32.1 Å². The summed E-state index contributed by atoms with van der Waals surface area (Å²) >= 11 is 0. The maximum atomic E-state index is 11.5. The van der Waals surface area contributed by atoms with E-state index in [0.29, 0.717) is 6.54 Å². The minimum absolute atomic E-state index is 0.147. The molecule has 1 aromatic rings. The van der Waals surface area contributed by atoms with Gasteiger partial charge < -0.3 is 15.3 Å². The highest BCUT2D eigenvalue weighted by Gasteiger charge is 2.57. The Hall–Kier alpha value is -1.69. The molecule has 148 valence electrons. The molecule has 4 atom stereocenters. The van der Waals surface area contributed by atoms with Gasteiger partial charge >= 0.3 is 0 Å². The van der Waals surface area contributed by atoms with Crippen LogP contribution in [0.5, 0.6) is 0 Å². The van der Waals surface area contributed by atoms with Crippen LogP contribution in [0.2, 0.25) is 0 Å². The van der Waals surface area contributed by atoms with Crippen LogP contribution < -0.4 is 10.6 Å². The van der Waals surface area contributed by atoms with Crippen LogP contribution in [0.15, 0.2) is 41.1 Å². The average Bonchev–Trinajstić information content (AvgIpc) is 2.93. The van der Waals surface area contributed by atoms with Gasteiger partial charge in [0.05, 0.1) is 5.60 Å². The van der Waals surface area contributed by atoms with Gasteiger partial charge in [0.2, 0.25) is 0 Å². The lowest BCUT2D eigenvalue weighted by Gasteiger charge is -2.47. The normalized spacial score (nSPS) is 33.3. The van der Waals surface area contributed by atoms with Crippen LogP contribution in [0.25, 0.3) is 6.08 Å². The van der Waals surface area contributed by atoms with Gasteiger partial charge in [-0.15, -0.1) is 0 Å². The molecule has 1 aromatic carbocycles. The van der Waals surface area contributed by atoms with E-state index in [1.165, 1.54) is 11.1 Å². The molecule has 2 aliphatic rings. The Labute approximate surface area is 162 Å². The number of hydrogen-bond donors (Lipinski definition) is 3. The highest BCUT2D eigenvalue weighted by Crippen LogP contribution is 2.58. The standard InChI is InChI=1S/C22H33N3O2/c1-21-11-9-18(13-17-7-5-4-6-8-17)14-22(21,26)12-10-19(21)15-25-27-20(24-3)16-23-2/h4-8,13,15,19-20,23-24,26H,9-12,14,16H2,1-3H3/b18-13-,25-15?/t19-,20?,21-,22+/m1/s1. The van der Waals surface area contributed by atoms with Crippen LogP contribution in [0.4, 0.5) is 0 Å². The number of oxime groups is 1. The van der Waals surface area contributed by atoms with Gasteiger partial charge in [-0.1, -0.05) is 54.1 Å². The lowest BCUT2D eigenvalue weighted by atomic mass is 9.61. The molecule has 5 nitrogen and oxygen atoms in total. The van der Waals surface area contributed by atoms with Crippen LogP contribution in [-0.4, -0.2) is 43.8 Å². The zero-order valence-electron chi connectivity index (χ0n) is 16.7. The van der Waals surface area contributed by atoms with E-state index in [-0.39, 0.29) is 17.6 Å². The van der Waals surface area contributed by atoms with E-state index in [1.807, 2.05) is 26.4 Å². The van der Waals surface area contributed by atoms with Crippen molar-refractivity contribution in [3.05, 3.63) is 41.5 Å². The second-order valence-corrected chi connectivity index (χ2v) is 8.18. The highest BCUT2D eigenvalue weighted by molar-refractivity contribution is 5.63. The maximum Gasteiger partial charge on any atom is 0.190 e. The average molecular weight is 372 g/mol. The minimum Gasteiger partial charge on any atom is -0.389 e. The topological polar surface area (TPSA) is 65.9 Å². The zero-order valence-corrected chi connectivity index (χ0v) is 16.7. The van der Waals surface area contributed by atoms with E-state index in [9.17, 15) is 5.11 Å². The largest absolute Gasteiger partial charge is 0.389 e. The molecule has 2 saturated carbocycles. The van der Waals surface area contributed by atoms with E-state index in [1.54, 1.807) is 0 Å². The van der Waals surface area contributed by atoms with Crippen molar-refractivity contribution >= 4 is 12.3 Å². The Kier molecular flexibility index (Phi) is 6.35. The van der Waals surface area contributed by atoms with Crippen molar-refractivity contribution in [2.45, 2.75) is 50.9 Å². The molecule has 0 amide bonds. The van der Waals surface area contributed by atoms with Crippen molar-refractivity contribution in [3.63, 3.8) is 0 Å². The first-order valence-electron chi connectivity index (χ1n) is 9.99. The molecule has 0 radical (unpaired) electrons. The summed E-state index contributed by atoms with van der Waals surface area (Å²) in [6, 6.07) is 10.4. The molecule has 0 aromatic heterocycles. The lowest BCUT2D eigenvalue weighted by molar-refractivity contribution is -0.0756. The van der Waals surface area contributed by atoms with Gasteiger partial charge in [0.25, 0.3) is 0 Å². The number of nitrogens with one attached hydrogen (secondary N) is 2. The summed E-state index contributed by atoms with van der Waals surface area (Å²) < 4.78 is 0. The molecule has 3 rings (SSSR count). The van der Waals surface area contributed by atoms with Crippen molar-refractivity contribution in [2.75, 3.05) is 20.6 Å². The first kappa shape index (κ1) is 20.1. The second kappa shape index (κ2) is 8.55. The second-order valence-electron chi connectivity index (χ2n) is 8.18. The van der Waals surface area contributed by atoms with Crippen LogP contribution in [0.1, 0.15) is 44.6 Å². The molecule has 2 aliphatic carbocycles. The number of nitrogens with zero attached hydrogens (tertiary/aromatic N) is 1. The predicted molar refractivity (Wildman–Crippen MR) is 110 cm³/mol. The molecule has 0 saturated heterocycles. The maximum absolute atomic E-state index is 11.5. The summed E-state index contributed by atoms with van der Waals surface area (Å²) in [6.45, 7) is 2.91. The van der Waals surface area contributed by atoms with Gasteiger partial charge in [0, 0.05) is 24.1 Å². The van der Waals surface area contributed by atoms with E-state index in [2.05, 4.69) is 53.1 Å². The molecule has 1 unspecified atom stereocenters. The molecule has 5 heteroatoms. The Balaban J connectivity index is 1.67. The Morgan fingerprint density at radius 3 is 2.78 bits per heavy atom. The van der Waals surface area contributed by atoms with Gasteiger partial charge in [-0.2, -0.15) is 0 Å². The fraction of sp³-hybridized carbons (Fsp3) is 0.591. The van der Waals surface area contributed by atoms with Gasteiger partial charge in [-0.25, -0.2) is 0 Å². The number of hydrogen-bond acceptors (Lipinski definition) is 5. The molecular weight excluding hydrogens is 338 g/mol. The molecule has 0 heterocycles. The number of rotatable bonds is 7. The Morgan fingerprint density at radius 1 is 1.30 bits per heavy atom. The fourth-order valence-electron chi connectivity index (χ4n) is 4.64. The van der Waals surface area contributed by atoms with Gasteiger partial charge in [0.1, 0.15) is 0 Å². The monoisotopic (exact) mass is 371 g/mol. The van der Waals surface area contributed by atoms with Crippen molar-refractivity contribution < 1.29 is 9.94 Å². The first-order valence-corrected chi connectivity index (χ1v) is 9.99. The Bertz CT molecular complexity index is 675. The summed E-state index contributed by atoms with van der Waals surface area (Å²) in [6.07, 6.45) is 8.55. The molecular formula is C22H33N3O2. The van der Waals surface area contributed by atoms with Crippen LogP contribution in [-0.2, 0) is 4.84 Å². The predicted octanol–water partition coefficient (Wildman–Crippen LogP) is 3.17. The summed E-state index contributed by atoms with van der Waals surface area (Å²) in [7, 11) is 3.74. The van der Waals surface area contributed by atoms with Crippen LogP contribution >= 0.6 is 0 Å². The molecule has 3 N–H and O–H groups in total. The quantitative estimate of drug-likeness (QED) is 0.391.